The maximum Gasteiger partial charge on any atom is 0.268 e. The minimum Gasteiger partial charge on any atom is -0.451 e. The molecule has 3 N–H and O–H groups in total. The number of fused-ring (bicyclic) bond motifs is 1. The van der Waals surface area contributed by atoms with Crippen LogP contribution in [0.15, 0.2) is 77.7 Å². The second-order valence-corrected chi connectivity index (χ2v) is 10.1. The molecular weight excluding hydrogens is 565 g/mol. The van der Waals surface area contributed by atoms with Crippen LogP contribution in [0.4, 0.5) is 18.9 Å². The number of anilines is 1. The van der Waals surface area contributed by atoms with Gasteiger partial charge in [-0.25, -0.2) is 13.2 Å². The van der Waals surface area contributed by atoms with Crippen LogP contribution in [0.25, 0.3) is 16.6 Å². The molecule has 14 heteroatoms. The number of carbonyl (C=O) groups excluding carboxylic acids is 1. The topological polar surface area (TPSA) is 143 Å². The van der Waals surface area contributed by atoms with Gasteiger partial charge >= 0.3 is 0 Å². The van der Waals surface area contributed by atoms with Crippen molar-refractivity contribution in [1.82, 2.24) is 14.8 Å². The fraction of sp³-hybridized carbons (Fsp3) is 0.0741. The molecule has 41 heavy (non-hydrogen) atoms. The van der Waals surface area contributed by atoms with E-state index in [4.69, 9.17) is 9.29 Å². The van der Waals surface area contributed by atoms with Gasteiger partial charge in [0.05, 0.1) is 18.0 Å². The van der Waals surface area contributed by atoms with Crippen LogP contribution >= 0.6 is 0 Å². The Labute approximate surface area is 230 Å². The molecule has 0 bridgehead atoms. The van der Waals surface area contributed by atoms with Gasteiger partial charge in [0.25, 0.3) is 21.6 Å². The number of halogens is 3. The smallest absolute Gasteiger partial charge is 0.268 e. The number of nitrogens with zero attached hydrogens (tertiary/aromatic N) is 2. The number of aromatic nitrogens is 3. The number of aromatic amines is 1. The highest BCUT2D eigenvalue weighted by Crippen LogP contribution is 2.31. The molecule has 0 radical (unpaired) electrons. The number of benzene rings is 3. The van der Waals surface area contributed by atoms with Crippen LogP contribution in [0, 0.1) is 24.4 Å². The van der Waals surface area contributed by atoms with Crippen molar-refractivity contribution >= 4 is 32.6 Å². The van der Waals surface area contributed by atoms with Crippen molar-refractivity contribution in [2.75, 3.05) is 11.6 Å². The summed E-state index contributed by atoms with van der Waals surface area (Å²) >= 11 is 0. The molecule has 0 aliphatic carbocycles. The van der Waals surface area contributed by atoms with Crippen LogP contribution in [0.2, 0.25) is 0 Å². The molecule has 5 rings (SSSR count). The molecule has 0 aliphatic heterocycles. The first-order valence-electron chi connectivity index (χ1n) is 11.6. The number of ether oxygens (including phenoxy) is 1. The third-order valence-corrected chi connectivity index (χ3v) is 5.51. The lowest BCUT2D eigenvalue weighted by Gasteiger charge is -2.13. The summed E-state index contributed by atoms with van der Waals surface area (Å²) < 4.78 is 74.8. The van der Waals surface area contributed by atoms with E-state index in [0.717, 1.165) is 6.07 Å². The molecule has 0 unspecified atom stereocenters. The minimum atomic E-state index is -3.67. The fourth-order valence-corrected chi connectivity index (χ4v) is 3.71. The van der Waals surface area contributed by atoms with Gasteiger partial charge in [0.2, 0.25) is 0 Å². The Hall–Kier alpha value is -4.95. The average molecular weight is 587 g/mol. The average Bonchev–Trinajstić information content (AvgIpc) is 3.33. The van der Waals surface area contributed by atoms with E-state index in [1.807, 2.05) is 0 Å². The molecule has 0 fully saturated rings. The molecule has 0 atom stereocenters. The number of carbonyl (C=O) groups is 1. The predicted octanol–water partition coefficient (Wildman–Crippen LogP) is 4.99. The summed E-state index contributed by atoms with van der Waals surface area (Å²) in [6, 6.07) is 14.3. The lowest BCUT2D eigenvalue weighted by Crippen LogP contribution is -2.29. The van der Waals surface area contributed by atoms with Crippen molar-refractivity contribution < 1.29 is 35.7 Å². The molecule has 1 amide bonds. The summed E-state index contributed by atoms with van der Waals surface area (Å²) in [5.74, 6) is -3.24. The van der Waals surface area contributed by atoms with Gasteiger partial charge in [-0.3, -0.25) is 23.8 Å². The Morgan fingerprint density at radius 1 is 0.976 bits per heavy atom. The summed E-state index contributed by atoms with van der Waals surface area (Å²) in [4.78, 5) is 25.8. The Morgan fingerprint density at radius 2 is 1.63 bits per heavy atom. The van der Waals surface area contributed by atoms with Crippen molar-refractivity contribution in [2.45, 2.75) is 6.92 Å². The summed E-state index contributed by atoms with van der Waals surface area (Å²) in [7, 11) is -3.67. The first-order valence-corrected chi connectivity index (χ1v) is 13.5. The van der Waals surface area contributed by atoms with E-state index < -0.39 is 39.0 Å². The van der Waals surface area contributed by atoms with Crippen molar-refractivity contribution in [3.05, 3.63) is 112 Å². The maximum absolute atomic E-state index is 14.7. The van der Waals surface area contributed by atoms with Gasteiger partial charge < -0.3 is 10.1 Å². The van der Waals surface area contributed by atoms with Gasteiger partial charge in [0.15, 0.2) is 23.1 Å². The highest BCUT2D eigenvalue weighted by Gasteiger charge is 2.17. The number of aryl methyl sites for hydroxylation is 1. The van der Waals surface area contributed by atoms with Crippen LogP contribution in [-0.4, -0.2) is 39.9 Å². The molecular formula is C27H21F3N4O6S. The van der Waals surface area contributed by atoms with Crippen LogP contribution in [0.1, 0.15) is 16.1 Å². The zero-order valence-corrected chi connectivity index (χ0v) is 22.2. The number of pyridine rings is 1. The third-order valence-electron chi connectivity index (χ3n) is 5.51. The monoisotopic (exact) mass is 586 g/mol. The predicted molar refractivity (Wildman–Crippen MR) is 145 cm³/mol. The molecule has 2 heterocycles. The van der Waals surface area contributed by atoms with Crippen LogP contribution in [0.3, 0.4) is 0 Å². The Morgan fingerprint density at radius 3 is 2.29 bits per heavy atom. The molecule has 10 nitrogen and oxygen atoms in total. The Bertz CT molecular complexity index is 1910. The van der Waals surface area contributed by atoms with Crippen molar-refractivity contribution in [1.29, 1.82) is 0 Å². The highest BCUT2D eigenvalue weighted by atomic mass is 32.2. The number of hydrogen-bond acceptors (Lipinski definition) is 6. The van der Waals surface area contributed by atoms with E-state index in [9.17, 15) is 31.2 Å². The number of hydrogen-bond donors (Lipinski definition) is 3. The standard InChI is InChI=1S/C26H17F3N4O3.CH4O3S/c1-14-2-8-19(26(35)33(14)18-6-3-16(27)4-7-18)25(34)31-17-5-9-23(20(28)11-17)36-24-10-15-13-30-32-22(15)12-21(24)29;1-5(2,3)4/h2-13H,1H3,(H,30,32)(H,31,34);1H3,(H,2,3,4). The molecule has 5 aromatic rings. The molecule has 0 aliphatic rings. The molecule has 0 spiro atoms. The molecule has 2 aromatic heterocycles. The molecule has 0 saturated heterocycles. The van der Waals surface area contributed by atoms with E-state index in [1.54, 1.807) is 13.0 Å². The van der Waals surface area contributed by atoms with Gasteiger partial charge in [0, 0.05) is 34.6 Å². The summed E-state index contributed by atoms with van der Waals surface area (Å²) in [5, 5.41) is 9.49. The van der Waals surface area contributed by atoms with E-state index in [2.05, 4.69) is 15.5 Å². The molecule has 212 valence electrons. The third kappa shape index (κ3) is 7.17. The van der Waals surface area contributed by atoms with Crippen LogP contribution in [-0.2, 0) is 10.1 Å². The van der Waals surface area contributed by atoms with Gasteiger partial charge in [-0.1, -0.05) is 0 Å². The van der Waals surface area contributed by atoms with Crippen molar-refractivity contribution in [2.24, 2.45) is 0 Å². The lowest BCUT2D eigenvalue weighted by atomic mass is 10.2. The summed E-state index contributed by atoms with van der Waals surface area (Å²) in [6.45, 7) is 1.67. The Kier molecular flexibility index (Phi) is 8.26. The van der Waals surface area contributed by atoms with Gasteiger partial charge in [-0.15, -0.1) is 0 Å². The van der Waals surface area contributed by atoms with Gasteiger partial charge in [0.1, 0.15) is 11.4 Å². The van der Waals surface area contributed by atoms with Gasteiger partial charge in [-0.05, 0) is 61.5 Å². The van der Waals surface area contributed by atoms with E-state index >= 15 is 0 Å². The summed E-state index contributed by atoms with van der Waals surface area (Å²) in [6.07, 6.45) is 2.19. The largest absolute Gasteiger partial charge is 0.451 e. The SMILES string of the molecule is CS(=O)(=O)O.Cc1ccc(C(=O)Nc2ccc(Oc3cc4cn[nH]c4cc3F)c(F)c2)c(=O)n1-c1ccc(F)cc1. The number of amides is 1. The normalized spacial score (nSPS) is 11.1. The van der Waals surface area contributed by atoms with Crippen LogP contribution < -0.4 is 15.6 Å². The van der Waals surface area contributed by atoms with Crippen molar-refractivity contribution in [3.63, 3.8) is 0 Å². The summed E-state index contributed by atoms with van der Waals surface area (Å²) in [5.41, 5.74) is 0.640. The van der Waals surface area contributed by atoms with Gasteiger partial charge in [-0.2, -0.15) is 13.5 Å². The molecule has 3 aromatic carbocycles. The van der Waals surface area contributed by atoms with Crippen LogP contribution in [0.5, 0.6) is 11.5 Å². The second kappa shape index (κ2) is 11.7. The first kappa shape index (κ1) is 29.0. The second-order valence-electron chi connectivity index (χ2n) is 8.68. The zero-order valence-electron chi connectivity index (χ0n) is 21.4. The quantitative estimate of drug-likeness (QED) is 0.246. The zero-order chi connectivity index (χ0) is 29.9. The van der Waals surface area contributed by atoms with Crippen molar-refractivity contribution in [3.8, 4) is 17.2 Å². The number of nitrogens with one attached hydrogen (secondary N) is 2. The number of rotatable bonds is 5. The molecule has 0 saturated carbocycles. The highest BCUT2D eigenvalue weighted by molar-refractivity contribution is 7.85. The van der Waals surface area contributed by atoms with E-state index in [1.165, 1.54) is 65.4 Å². The van der Waals surface area contributed by atoms with E-state index in [0.29, 0.717) is 28.5 Å². The fourth-order valence-electron chi connectivity index (χ4n) is 3.71. The number of H-pyrrole nitrogens is 1. The van der Waals surface area contributed by atoms with E-state index in [-0.39, 0.29) is 22.7 Å². The lowest BCUT2D eigenvalue weighted by molar-refractivity contribution is 0.102. The minimum absolute atomic E-state index is 0.0592. The maximum atomic E-state index is 14.7. The Balaban J connectivity index is 0.000000714. The first-order chi connectivity index (χ1) is 19.3.